The summed E-state index contributed by atoms with van der Waals surface area (Å²) in [6.45, 7) is 2.41. The fraction of sp³-hybridized carbons (Fsp3) is 0.0476. The van der Waals surface area contributed by atoms with E-state index >= 15 is 0 Å². The first kappa shape index (κ1) is 18.3. The third-order valence-electron chi connectivity index (χ3n) is 3.95. The molecule has 0 saturated heterocycles. The Morgan fingerprint density at radius 2 is 0.792 bits per heavy atom. The van der Waals surface area contributed by atoms with Crippen molar-refractivity contribution in [2.75, 3.05) is 6.66 Å². The lowest BCUT2D eigenvalue weighted by atomic mass is 10.4. The highest BCUT2D eigenvalue weighted by Gasteiger charge is 2.39. The van der Waals surface area contributed by atoms with Crippen molar-refractivity contribution in [3.05, 3.63) is 104 Å². The van der Waals surface area contributed by atoms with Gasteiger partial charge in [-0.15, -0.1) is 0 Å². The van der Waals surface area contributed by atoms with Gasteiger partial charge in [-0.05, 0) is 36.4 Å². The smallest absolute Gasteiger partial charge is 0.125 e. The van der Waals surface area contributed by atoms with Gasteiger partial charge in [-0.25, -0.2) is 0 Å². The average Bonchev–Trinajstić information content (AvgIpc) is 3.52. The fourth-order valence-corrected chi connectivity index (χ4v) is 5.83. The zero-order valence-electron chi connectivity index (χ0n) is 13.5. The van der Waals surface area contributed by atoms with Crippen molar-refractivity contribution in [2.24, 2.45) is 0 Å². The van der Waals surface area contributed by atoms with E-state index in [1.54, 1.807) is 12.5 Å². The Morgan fingerprint density at radius 3 is 1.00 bits per heavy atom. The summed E-state index contributed by atoms with van der Waals surface area (Å²) in [6.07, 6.45) is 3.25. The molecule has 24 heavy (non-hydrogen) atoms. The zero-order chi connectivity index (χ0) is 16.0. The molecule has 0 fully saturated rings. The fourth-order valence-electron chi connectivity index (χ4n) is 2.63. The minimum absolute atomic E-state index is 0. The van der Waals surface area contributed by atoms with E-state index in [4.69, 9.17) is 0 Å². The van der Waals surface area contributed by atoms with Crippen LogP contribution in [-0.4, -0.2) is 6.66 Å². The second-order valence-corrected chi connectivity index (χ2v) is 8.98. The zero-order valence-corrected chi connectivity index (χ0v) is 15.2. The lowest BCUT2D eigenvalue weighted by Crippen LogP contribution is -3.00. The van der Waals surface area contributed by atoms with Gasteiger partial charge in [-0.2, -0.15) is 0 Å². The molecule has 0 unspecified atom stereocenters. The lowest BCUT2D eigenvalue weighted by Gasteiger charge is -2.22. The molecule has 0 amide bonds. The van der Waals surface area contributed by atoms with E-state index in [1.165, 1.54) is 15.9 Å². The third-order valence-corrected chi connectivity index (χ3v) is 7.95. The van der Waals surface area contributed by atoms with Crippen LogP contribution < -0.4 is 28.3 Å². The van der Waals surface area contributed by atoms with Crippen LogP contribution in [0.5, 0.6) is 0 Å². The molecule has 0 N–H and O–H groups in total. The van der Waals surface area contributed by atoms with Crippen molar-refractivity contribution in [3.8, 4) is 0 Å². The number of benzene rings is 3. The minimum Gasteiger partial charge on any atom is -1.00 e. The summed E-state index contributed by atoms with van der Waals surface area (Å²) in [5.74, 6) is 0. The molecule has 0 aromatic heterocycles. The van der Waals surface area contributed by atoms with Gasteiger partial charge in [-0.1, -0.05) is 54.6 Å². The van der Waals surface area contributed by atoms with Crippen LogP contribution in [0.4, 0.5) is 0 Å². The highest BCUT2D eigenvalue weighted by atomic mass is 35.5. The SMILES string of the molecule is C1=CO1.C[P+](c1ccccc1)(c1ccccc1)c1ccccc1.[Cl-]. The Balaban J connectivity index is 0.000000470. The summed E-state index contributed by atoms with van der Waals surface area (Å²) in [5, 5.41) is 4.28. The van der Waals surface area contributed by atoms with Crippen molar-refractivity contribution in [2.45, 2.75) is 0 Å². The van der Waals surface area contributed by atoms with E-state index < -0.39 is 7.26 Å². The predicted octanol–water partition coefficient (Wildman–Crippen LogP) is 1.10. The maximum atomic E-state index is 4.25. The number of ether oxygens (including phenoxy) is 1. The van der Waals surface area contributed by atoms with Crippen molar-refractivity contribution in [3.63, 3.8) is 0 Å². The summed E-state index contributed by atoms with van der Waals surface area (Å²) < 4.78 is 4.25. The second kappa shape index (κ2) is 8.68. The molecular formula is C21H20ClOP. The Morgan fingerprint density at radius 1 is 0.542 bits per heavy atom. The summed E-state index contributed by atoms with van der Waals surface area (Å²) >= 11 is 0. The number of hydrogen-bond donors (Lipinski definition) is 0. The molecule has 1 aliphatic heterocycles. The van der Waals surface area contributed by atoms with Gasteiger partial charge in [0.05, 0.1) is 6.66 Å². The quantitative estimate of drug-likeness (QED) is 0.642. The van der Waals surface area contributed by atoms with Gasteiger partial charge in [0.1, 0.15) is 35.7 Å². The summed E-state index contributed by atoms with van der Waals surface area (Å²) in [7, 11) is -1.53. The predicted molar refractivity (Wildman–Crippen MR) is 101 cm³/mol. The van der Waals surface area contributed by atoms with Gasteiger partial charge in [0.2, 0.25) is 0 Å². The van der Waals surface area contributed by atoms with Gasteiger partial charge in [0.25, 0.3) is 0 Å². The van der Waals surface area contributed by atoms with Crippen LogP contribution in [0.3, 0.4) is 0 Å². The van der Waals surface area contributed by atoms with Crippen molar-refractivity contribution < 1.29 is 17.1 Å². The van der Waals surface area contributed by atoms with Gasteiger partial charge >= 0.3 is 0 Å². The topological polar surface area (TPSA) is 12.5 Å². The van der Waals surface area contributed by atoms with Crippen LogP contribution in [0.1, 0.15) is 0 Å². The van der Waals surface area contributed by atoms with Gasteiger partial charge in [-0.3, -0.25) is 0 Å². The minimum atomic E-state index is -1.53. The average molecular weight is 355 g/mol. The Kier molecular flexibility index (Phi) is 6.61. The van der Waals surface area contributed by atoms with E-state index in [1.807, 2.05) is 0 Å². The summed E-state index contributed by atoms with van der Waals surface area (Å²) in [6, 6.07) is 32.6. The van der Waals surface area contributed by atoms with Crippen molar-refractivity contribution in [1.82, 2.24) is 0 Å². The molecule has 0 saturated carbocycles. The highest BCUT2D eigenvalue weighted by Crippen LogP contribution is 2.51. The monoisotopic (exact) mass is 354 g/mol. The van der Waals surface area contributed by atoms with E-state index in [9.17, 15) is 0 Å². The van der Waals surface area contributed by atoms with Crippen molar-refractivity contribution in [1.29, 1.82) is 0 Å². The number of rotatable bonds is 3. The molecule has 1 heterocycles. The van der Waals surface area contributed by atoms with E-state index in [0.717, 1.165) is 0 Å². The van der Waals surface area contributed by atoms with Crippen LogP contribution in [0, 0.1) is 0 Å². The molecular weight excluding hydrogens is 335 g/mol. The highest BCUT2D eigenvalue weighted by molar-refractivity contribution is 7.95. The first-order valence-corrected chi connectivity index (χ1v) is 9.89. The Hall–Kier alpha value is -2.08. The first-order chi connectivity index (χ1) is 11.3. The molecule has 4 rings (SSSR count). The molecule has 0 radical (unpaired) electrons. The normalized spacial score (nSPS) is 11.4. The van der Waals surface area contributed by atoms with Crippen LogP contribution in [0.25, 0.3) is 0 Å². The maximum absolute atomic E-state index is 4.25. The Bertz CT molecular complexity index is 657. The Labute approximate surface area is 150 Å². The molecule has 1 aliphatic rings. The number of halogens is 1. The van der Waals surface area contributed by atoms with Crippen molar-refractivity contribution >= 4 is 23.2 Å². The van der Waals surface area contributed by atoms with Gasteiger partial charge in [0.15, 0.2) is 0 Å². The molecule has 0 bridgehead atoms. The first-order valence-electron chi connectivity index (χ1n) is 7.65. The molecule has 3 aromatic carbocycles. The van der Waals surface area contributed by atoms with Gasteiger partial charge < -0.3 is 17.1 Å². The molecule has 1 nitrogen and oxygen atoms in total. The van der Waals surface area contributed by atoms with Gasteiger partial charge in [0, 0.05) is 0 Å². The van der Waals surface area contributed by atoms with E-state index in [-0.39, 0.29) is 12.4 Å². The lowest BCUT2D eigenvalue weighted by molar-refractivity contribution is -0.00000482. The molecule has 3 heteroatoms. The largest absolute Gasteiger partial charge is 1.00 e. The van der Waals surface area contributed by atoms with E-state index in [0.29, 0.717) is 0 Å². The summed E-state index contributed by atoms with van der Waals surface area (Å²) in [5.41, 5.74) is 0. The van der Waals surface area contributed by atoms with Crippen LogP contribution in [-0.2, 0) is 4.74 Å². The molecule has 3 aromatic rings. The molecule has 0 aliphatic carbocycles. The van der Waals surface area contributed by atoms with E-state index in [2.05, 4.69) is 102 Å². The molecule has 122 valence electrons. The van der Waals surface area contributed by atoms with Crippen LogP contribution >= 0.6 is 7.26 Å². The standard InChI is InChI=1S/C19H18P.C2H2O.ClH/c1-20(17-11-5-2-6-12-17,18-13-7-3-8-14-18)19-15-9-4-10-16-19;1-2-3-1;/h2-16H,1H3;1-2H;1H/q+1;;/p-1. The number of hydrogen-bond acceptors (Lipinski definition) is 1. The third kappa shape index (κ3) is 4.26. The second-order valence-electron chi connectivity index (χ2n) is 5.42. The van der Waals surface area contributed by atoms with Crippen LogP contribution in [0.15, 0.2) is 104 Å². The maximum Gasteiger partial charge on any atom is 0.125 e. The van der Waals surface area contributed by atoms with Crippen LogP contribution in [0.2, 0.25) is 0 Å². The molecule has 0 spiro atoms. The summed E-state index contributed by atoms with van der Waals surface area (Å²) in [4.78, 5) is 0. The molecule has 0 atom stereocenters.